The first-order valence-corrected chi connectivity index (χ1v) is 5.57. The monoisotopic (exact) mass is 199 g/mol. The van der Waals surface area contributed by atoms with Gasteiger partial charge >= 0.3 is 5.97 Å². The van der Waals surface area contributed by atoms with Gasteiger partial charge < -0.3 is 10.5 Å². The highest BCUT2D eigenvalue weighted by Crippen LogP contribution is 2.27. The van der Waals surface area contributed by atoms with E-state index in [1.165, 1.54) is 32.1 Å². The normalized spacial score (nSPS) is 22.8. The van der Waals surface area contributed by atoms with Crippen LogP contribution < -0.4 is 5.73 Å². The lowest BCUT2D eigenvalue weighted by atomic mass is 9.86. The van der Waals surface area contributed by atoms with Crippen molar-refractivity contribution in [2.75, 3.05) is 0 Å². The van der Waals surface area contributed by atoms with E-state index in [4.69, 9.17) is 10.5 Å². The third-order valence-electron chi connectivity index (χ3n) is 2.99. The molecule has 2 atom stereocenters. The summed E-state index contributed by atoms with van der Waals surface area (Å²) < 4.78 is 5.29. The maximum atomic E-state index is 11.2. The van der Waals surface area contributed by atoms with Crippen LogP contribution in [0.15, 0.2) is 0 Å². The van der Waals surface area contributed by atoms with Crippen molar-refractivity contribution in [3.05, 3.63) is 0 Å². The summed E-state index contributed by atoms with van der Waals surface area (Å²) in [5.74, 6) is 0.273. The Balaban J connectivity index is 2.32. The Morgan fingerprint density at radius 2 is 1.86 bits per heavy atom. The van der Waals surface area contributed by atoms with Crippen molar-refractivity contribution < 1.29 is 9.53 Å². The van der Waals surface area contributed by atoms with Crippen molar-refractivity contribution in [3.63, 3.8) is 0 Å². The fraction of sp³-hybridized carbons (Fsp3) is 0.909. The van der Waals surface area contributed by atoms with Crippen molar-refractivity contribution >= 4 is 5.97 Å². The predicted octanol–water partition coefficient (Wildman–Crippen LogP) is 1.85. The molecule has 1 aliphatic rings. The molecule has 1 fully saturated rings. The van der Waals surface area contributed by atoms with Gasteiger partial charge in [-0.2, -0.15) is 0 Å². The van der Waals surface area contributed by atoms with Gasteiger partial charge in [-0.1, -0.05) is 19.3 Å². The fourth-order valence-corrected chi connectivity index (χ4v) is 1.99. The van der Waals surface area contributed by atoms with Crippen LogP contribution in [0.5, 0.6) is 0 Å². The standard InChI is InChI=1S/C11H21NO2/c1-8(12)11(13)14-9(2)10-6-4-3-5-7-10/h8-10H,3-7,12H2,1-2H3/t8-,9?/m0/s1. The van der Waals surface area contributed by atoms with Crippen LogP contribution in [0.25, 0.3) is 0 Å². The zero-order chi connectivity index (χ0) is 10.6. The fourth-order valence-electron chi connectivity index (χ4n) is 1.99. The molecule has 1 saturated carbocycles. The number of ether oxygens (including phenoxy) is 1. The zero-order valence-electron chi connectivity index (χ0n) is 9.16. The highest BCUT2D eigenvalue weighted by Gasteiger charge is 2.23. The van der Waals surface area contributed by atoms with Gasteiger partial charge in [0, 0.05) is 0 Å². The van der Waals surface area contributed by atoms with Gasteiger partial charge in [-0.15, -0.1) is 0 Å². The van der Waals surface area contributed by atoms with Crippen LogP contribution >= 0.6 is 0 Å². The van der Waals surface area contributed by atoms with Crippen molar-refractivity contribution in [1.82, 2.24) is 0 Å². The lowest BCUT2D eigenvalue weighted by Crippen LogP contribution is -2.34. The smallest absolute Gasteiger partial charge is 0.322 e. The molecule has 0 heterocycles. The van der Waals surface area contributed by atoms with Crippen LogP contribution in [0.1, 0.15) is 46.0 Å². The van der Waals surface area contributed by atoms with Crippen LogP contribution in [0.3, 0.4) is 0 Å². The molecule has 2 N–H and O–H groups in total. The average Bonchev–Trinajstić information content (AvgIpc) is 2.19. The van der Waals surface area contributed by atoms with Crippen molar-refractivity contribution in [1.29, 1.82) is 0 Å². The van der Waals surface area contributed by atoms with E-state index in [2.05, 4.69) is 0 Å². The summed E-state index contributed by atoms with van der Waals surface area (Å²) >= 11 is 0. The zero-order valence-corrected chi connectivity index (χ0v) is 9.16. The van der Waals surface area contributed by atoms with E-state index in [9.17, 15) is 4.79 Å². The van der Waals surface area contributed by atoms with Crippen LogP contribution in [0.2, 0.25) is 0 Å². The molecule has 0 bridgehead atoms. The van der Waals surface area contributed by atoms with Gasteiger partial charge in [0.2, 0.25) is 0 Å². The van der Waals surface area contributed by atoms with E-state index in [0.29, 0.717) is 5.92 Å². The molecule has 82 valence electrons. The Kier molecular flexibility index (Phi) is 4.39. The third kappa shape index (κ3) is 3.29. The molecule has 0 amide bonds. The van der Waals surface area contributed by atoms with E-state index in [-0.39, 0.29) is 12.1 Å². The van der Waals surface area contributed by atoms with Gasteiger partial charge in [0.1, 0.15) is 12.1 Å². The van der Waals surface area contributed by atoms with Crippen LogP contribution in [0, 0.1) is 5.92 Å². The molecule has 1 aliphatic carbocycles. The summed E-state index contributed by atoms with van der Waals surface area (Å²) in [5, 5.41) is 0. The van der Waals surface area contributed by atoms with E-state index in [1.807, 2.05) is 6.92 Å². The molecule has 0 radical (unpaired) electrons. The Morgan fingerprint density at radius 1 is 1.29 bits per heavy atom. The van der Waals surface area contributed by atoms with Crippen LogP contribution in [0.4, 0.5) is 0 Å². The largest absolute Gasteiger partial charge is 0.461 e. The second-order valence-corrected chi connectivity index (χ2v) is 4.33. The Bertz CT molecular complexity index is 186. The second kappa shape index (κ2) is 5.35. The summed E-state index contributed by atoms with van der Waals surface area (Å²) in [7, 11) is 0. The number of esters is 1. The summed E-state index contributed by atoms with van der Waals surface area (Å²) in [6.45, 7) is 3.65. The summed E-state index contributed by atoms with van der Waals surface area (Å²) in [4.78, 5) is 11.2. The third-order valence-corrected chi connectivity index (χ3v) is 2.99. The van der Waals surface area contributed by atoms with Gasteiger partial charge in [0.05, 0.1) is 0 Å². The van der Waals surface area contributed by atoms with E-state index in [0.717, 1.165) is 0 Å². The van der Waals surface area contributed by atoms with Crippen LogP contribution in [-0.4, -0.2) is 18.1 Å². The first kappa shape index (κ1) is 11.5. The highest BCUT2D eigenvalue weighted by atomic mass is 16.5. The van der Waals surface area contributed by atoms with Crippen LogP contribution in [-0.2, 0) is 9.53 Å². The molecule has 1 rings (SSSR count). The number of rotatable bonds is 3. The lowest BCUT2D eigenvalue weighted by Gasteiger charge is -2.27. The van der Waals surface area contributed by atoms with E-state index >= 15 is 0 Å². The van der Waals surface area contributed by atoms with Crippen molar-refractivity contribution in [2.45, 2.75) is 58.1 Å². The first-order chi connectivity index (χ1) is 6.61. The minimum absolute atomic E-state index is 0.0359. The SMILES string of the molecule is CC(OC(=O)[C@H](C)N)C1CCCCC1. The van der Waals surface area contributed by atoms with Crippen molar-refractivity contribution in [3.8, 4) is 0 Å². The quantitative estimate of drug-likeness (QED) is 0.706. The number of hydrogen-bond donors (Lipinski definition) is 1. The number of carbonyl (C=O) groups excluding carboxylic acids is 1. The highest BCUT2D eigenvalue weighted by molar-refractivity contribution is 5.75. The molecule has 0 aliphatic heterocycles. The molecule has 0 aromatic rings. The molecule has 3 heteroatoms. The average molecular weight is 199 g/mol. The number of nitrogens with two attached hydrogens (primary N) is 1. The molecule has 0 spiro atoms. The molecule has 0 saturated heterocycles. The maximum Gasteiger partial charge on any atom is 0.322 e. The minimum Gasteiger partial charge on any atom is -0.461 e. The first-order valence-electron chi connectivity index (χ1n) is 5.57. The van der Waals surface area contributed by atoms with E-state index < -0.39 is 6.04 Å². The van der Waals surface area contributed by atoms with Gasteiger partial charge in [-0.3, -0.25) is 4.79 Å². The van der Waals surface area contributed by atoms with Crippen molar-refractivity contribution in [2.24, 2.45) is 11.7 Å². The van der Waals surface area contributed by atoms with E-state index in [1.54, 1.807) is 6.92 Å². The molecule has 0 aromatic carbocycles. The summed E-state index contributed by atoms with van der Waals surface area (Å²) in [6, 6.07) is -0.499. The van der Waals surface area contributed by atoms with Gasteiger partial charge in [-0.05, 0) is 32.6 Å². The number of carbonyl (C=O) groups is 1. The Labute approximate surface area is 86.0 Å². The predicted molar refractivity (Wildman–Crippen MR) is 55.8 cm³/mol. The molecule has 3 nitrogen and oxygen atoms in total. The second-order valence-electron chi connectivity index (χ2n) is 4.33. The molecular formula is C11H21NO2. The lowest BCUT2D eigenvalue weighted by molar-refractivity contribution is -0.152. The Hall–Kier alpha value is -0.570. The summed E-state index contributed by atoms with van der Waals surface area (Å²) in [5.41, 5.74) is 5.44. The topological polar surface area (TPSA) is 52.3 Å². The molecular weight excluding hydrogens is 178 g/mol. The molecule has 1 unspecified atom stereocenters. The van der Waals surface area contributed by atoms with Gasteiger partial charge in [-0.25, -0.2) is 0 Å². The Morgan fingerprint density at radius 3 is 2.36 bits per heavy atom. The van der Waals surface area contributed by atoms with Gasteiger partial charge in [0.25, 0.3) is 0 Å². The molecule has 0 aromatic heterocycles. The summed E-state index contributed by atoms with van der Waals surface area (Å²) in [6.07, 6.45) is 6.27. The number of hydrogen-bond acceptors (Lipinski definition) is 3. The molecule has 14 heavy (non-hydrogen) atoms. The minimum atomic E-state index is -0.499. The van der Waals surface area contributed by atoms with Gasteiger partial charge in [0.15, 0.2) is 0 Å². The maximum absolute atomic E-state index is 11.2.